The first kappa shape index (κ1) is 14.1. The van der Waals surface area contributed by atoms with Gasteiger partial charge in [0.05, 0.1) is 0 Å². The molecule has 0 aliphatic heterocycles. The molecule has 18 heavy (non-hydrogen) atoms. The average Bonchev–Trinajstić information content (AvgIpc) is 3.03. The van der Waals surface area contributed by atoms with Crippen LogP contribution in [0.2, 0.25) is 0 Å². The highest BCUT2D eigenvalue weighted by Crippen LogP contribution is 2.29. The van der Waals surface area contributed by atoms with Gasteiger partial charge in [-0.05, 0) is 48.2 Å². The molecule has 0 aromatic carbocycles. The average molecular weight is 298 g/mol. The van der Waals surface area contributed by atoms with Crippen molar-refractivity contribution in [3.8, 4) is 10.4 Å². The van der Waals surface area contributed by atoms with Crippen molar-refractivity contribution < 1.29 is 0 Å². The van der Waals surface area contributed by atoms with Gasteiger partial charge in [-0.15, -0.1) is 22.7 Å². The van der Waals surface area contributed by atoms with E-state index < -0.39 is 0 Å². The molecule has 0 fully saturated rings. The van der Waals surface area contributed by atoms with E-state index in [0.29, 0.717) is 6.04 Å². The van der Waals surface area contributed by atoms with Gasteiger partial charge in [-0.2, -0.15) is 11.8 Å². The molecule has 0 spiro atoms. The minimum atomic E-state index is 0.602. The lowest BCUT2D eigenvalue weighted by molar-refractivity contribution is 0.541. The molecule has 0 amide bonds. The van der Waals surface area contributed by atoms with Crippen molar-refractivity contribution in [1.29, 1.82) is 0 Å². The summed E-state index contributed by atoms with van der Waals surface area (Å²) in [5.41, 5.74) is 1.36. The van der Waals surface area contributed by atoms with E-state index in [1.54, 1.807) is 0 Å². The predicted octanol–water partition coefficient (Wildman–Crippen LogP) is 4.71. The van der Waals surface area contributed by atoms with Gasteiger partial charge in [-0.25, -0.2) is 0 Å². The molecular weight excluding hydrogens is 278 g/mol. The Kier molecular flexibility index (Phi) is 5.76. The first-order valence-corrected chi connectivity index (χ1v) is 9.28. The third kappa shape index (κ3) is 4.12. The van der Waals surface area contributed by atoms with Crippen molar-refractivity contribution >= 4 is 34.4 Å². The molecule has 1 unspecified atom stereocenters. The van der Waals surface area contributed by atoms with Gasteiger partial charge in [0.25, 0.3) is 0 Å². The number of rotatable bonds is 7. The Labute approximate surface area is 122 Å². The molecule has 4 heteroatoms. The highest BCUT2D eigenvalue weighted by atomic mass is 32.2. The smallest absolute Gasteiger partial charge is 0.0351 e. The molecule has 2 aromatic heterocycles. The van der Waals surface area contributed by atoms with Crippen LogP contribution in [0.4, 0.5) is 0 Å². The number of thioether (sulfide) groups is 1. The van der Waals surface area contributed by atoms with Gasteiger partial charge in [0.2, 0.25) is 0 Å². The lowest BCUT2D eigenvalue weighted by Crippen LogP contribution is -2.25. The monoisotopic (exact) mass is 297 g/mol. The lowest BCUT2D eigenvalue weighted by Gasteiger charge is -2.11. The molecule has 2 aromatic rings. The predicted molar refractivity (Wildman–Crippen MR) is 86.9 cm³/mol. The van der Waals surface area contributed by atoms with E-state index in [-0.39, 0.29) is 0 Å². The standard InChI is InChI=1S/C14H19NS3/c1-11(5-7-16-2)15-9-13-8-12(10-18-13)14-4-3-6-17-14/h3-4,6,8,10-11,15H,5,7,9H2,1-2H3. The van der Waals surface area contributed by atoms with E-state index in [2.05, 4.69) is 47.5 Å². The topological polar surface area (TPSA) is 12.0 Å². The summed E-state index contributed by atoms with van der Waals surface area (Å²) < 4.78 is 0. The molecule has 0 saturated heterocycles. The van der Waals surface area contributed by atoms with Crippen LogP contribution in [-0.2, 0) is 6.54 Å². The number of hydrogen-bond acceptors (Lipinski definition) is 4. The molecule has 0 bridgehead atoms. The molecule has 0 aliphatic rings. The van der Waals surface area contributed by atoms with Crippen LogP contribution in [0.25, 0.3) is 10.4 Å². The van der Waals surface area contributed by atoms with Crippen LogP contribution < -0.4 is 5.32 Å². The molecule has 0 radical (unpaired) electrons. The van der Waals surface area contributed by atoms with Gasteiger partial charge < -0.3 is 5.32 Å². The normalized spacial score (nSPS) is 12.8. The maximum atomic E-state index is 3.59. The first-order valence-electron chi connectivity index (χ1n) is 6.13. The molecule has 1 N–H and O–H groups in total. The Balaban J connectivity index is 1.84. The Hall–Kier alpha value is -0.290. The van der Waals surface area contributed by atoms with Crippen LogP contribution in [-0.4, -0.2) is 18.1 Å². The molecule has 1 nitrogen and oxygen atoms in total. The van der Waals surface area contributed by atoms with Crippen LogP contribution in [0, 0.1) is 0 Å². The zero-order chi connectivity index (χ0) is 12.8. The van der Waals surface area contributed by atoms with Gasteiger partial charge >= 0.3 is 0 Å². The van der Waals surface area contributed by atoms with Gasteiger partial charge in [0.1, 0.15) is 0 Å². The van der Waals surface area contributed by atoms with E-state index in [1.807, 2.05) is 34.4 Å². The van der Waals surface area contributed by atoms with Crippen LogP contribution >= 0.6 is 34.4 Å². The summed E-state index contributed by atoms with van der Waals surface area (Å²) in [7, 11) is 0. The zero-order valence-electron chi connectivity index (χ0n) is 10.8. The minimum Gasteiger partial charge on any atom is -0.309 e. The van der Waals surface area contributed by atoms with Gasteiger partial charge in [0, 0.05) is 27.9 Å². The summed E-state index contributed by atoms with van der Waals surface area (Å²) in [5.74, 6) is 1.24. The van der Waals surface area contributed by atoms with Gasteiger partial charge in [-0.1, -0.05) is 6.07 Å². The Morgan fingerprint density at radius 2 is 2.28 bits per heavy atom. The van der Waals surface area contributed by atoms with E-state index in [0.717, 1.165) is 6.54 Å². The molecule has 98 valence electrons. The van der Waals surface area contributed by atoms with E-state index >= 15 is 0 Å². The highest BCUT2D eigenvalue weighted by Gasteiger charge is 2.05. The van der Waals surface area contributed by atoms with Crippen LogP contribution in [0.3, 0.4) is 0 Å². The van der Waals surface area contributed by atoms with E-state index in [4.69, 9.17) is 0 Å². The summed E-state index contributed by atoms with van der Waals surface area (Å²) in [6.07, 6.45) is 3.41. The van der Waals surface area contributed by atoms with Crippen molar-refractivity contribution in [1.82, 2.24) is 5.32 Å². The molecule has 2 rings (SSSR count). The largest absolute Gasteiger partial charge is 0.309 e. The zero-order valence-corrected chi connectivity index (χ0v) is 13.3. The van der Waals surface area contributed by atoms with Crippen molar-refractivity contribution in [2.45, 2.75) is 25.9 Å². The fourth-order valence-electron chi connectivity index (χ4n) is 1.72. The quantitative estimate of drug-likeness (QED) is 0.794. The summed E-state index contributed by atoms with van der Waals surface area (Å²) in [4.78, 5) is 2.79. The highest BCUT2D eigenvalue weighted by molar-refractivity contribution is 7.98. The fraction of sp³-hybridized carbons (Fsp3) is 0.429. The summed E-state index contributed by atoms with van der Waals surface area (Å²) in [6.45, 7) is 3.26. The summed E-state index contributed by atoms with van der Waals surface area (Å²) >= 11 is 5.58. The second kappa shape index (κ2) is 7.34. The summed E-state index contributed by atoms with van der Waals surface area (Å²) in [6, 6.07) is 7.21. The van der Waals surface area contributed by atoms with E-state index in [1.165, 1.54) is 27.5 Å². The summed E-state index contributed by atoms with van der Waals surface area (Å²) in [5, 5.41) is 7.99. The third-order valence-corrected chi connectivity index (χ3v) is 5.34. The fourth-order valence-corrected chi connectivity index (χ4v) is 3.93. The SMILES string of the molecule is CSCCC(C)NCc1cc(-c2cccs2)cs1. The van der Waals surface area contributed by atoms with Crippen LogP contribution in [0.1, 0.15) is 18.2 Å². The third-order valence-electron chi connectivity index (χ3n) is 2.84. The maximum absolute atomic E-state index is 3.59. The maximum Gasteiger partial charge on any atom is 0.0351 e. The molecule has 1 atom stereocenters. The lowest BCUT2D eigenvalue weighted by atomic mass is 10.2. The number of thiophene rings is 2. The minimum absolute atomic E-state index is 0.602. The van der Waals surface area contributed by atoms with Crippen molar-refractivity contribution in [3.63, 3.8) is 0 Å². The van der Waals surface area contributed by atoms with Crippen molar-refractivity contribution in [2.24, 2.45) is 0 Å². The molecule has 2 heterocycles. The Bertz CT molecular complexity index is 447. The molecular formula is C14H19NS3. The van der Waals surface area contributed by atoms with Gasteiger partial charge in [0.15, 0.2) is 0 Å². The molecule has 0 saturated carbocycles. The number of nitrogens with one attached hydrogen (secondary N) is 1. The Morgan fingerprint density at radius 3 is 3.00 bits per heavy atom. The van der Waals surface area contributed by atoms with E-state index in [9.17, 15) is 0 Å². The van der Waals surface area contributed by atoms with Crippen molar-refractivity contribution in [3.05, 3.63) is 33.8 Å². The van der Waals surface area contributed by atoms with Crippen molar-refractivity contribution in [2.75, 3.05) is 12.0 Å². The second-order valence-electron chi connectivity index (χ2n) is 4.34. The number of hydrogen-bond donors (Lipinski definition) is 1. The van der Waals surface area contributed by atoms with Crippen LogP contribution in [0.15, 0.2) is 29.0 Å². The Morgan fingerprint density at radius 1 is 1.39 bits per heavy atom. The second-order valence-corrected chi connectivity index (χ2v) is 7.27. The molecule has 0 aliphatic carbocycles. The van der Waals surface area contributed by atoms with Crippen LogP contribution in [0.5, 0.6) is 0 Å². The first-order chi connectivity index (χ1) is 8.79. The van der Waals surface area contributed by atoms with Gasteiger partial charge in [-0.3, -0.25) is 0 Å².